The summed E-state index contributed by atoms with van der Waals surface area (Å²) in [5, 5.41) is 0. The summed E-state index contributed by atoms with van der Waals surface area (Å²) in [7, 11) is 1.19. The summed E-state index contributed by atoms with van der Waals surface area (Å²) in [6, 6.07) is 0. The van der Waals surface area contributed by atoms with Crippen molar-refractivity contribution in [3.8, 4) is 0 Å². The van der Waals surface area contributed by atoms with E-state index in [9.17, 15) is 19.0 Å². The summed E-state index contributed by atoms with van der Waals surface area (Å²) >= 11 is 0. The van der Waals surface area contributed by atoms with Gasteiger partial charge < -0.3 is 27.9 Å². The van der Waals surface area contributed by atoms with Crippen LogP contribution in [-0.4, -0.2) is 70.0 Å². The summed E-state index contributed by atoms with van der Waals surface area (Å²) in [5.74, 6) is -0.811. The Balaban J connectivity index is 3.86. The van der Waals surface area contributed by atoms with Crippen molar-refractivity contribution in [1.82, 2.24) is 0 Å². The number of ether oxygens (including phenoxy) is 2. The first kappa shape index (κ1) is 76.5. The number of likely N-dealkylation sites (N-methyl/N-ethyl adjacent to an activating group) is 1. The second kappa shape index (κ2) is 60.1. The number of quaternary nitrogens is 1. The van der Waals surface area contributed by atoms with Crippen molar-refractivity contribution in [2.75, 3.05) is 47.5 Å². The average Bonchev–Trinajstić information content (AvgIpc) is 3.41. The van der Waals surface area contributed by atoms with E-state index in [1.807, 2.05) is 21.1 Å². The second-order valence-electron chi connectivity index (χ2n) is 24.6. The van der Waals surface area contributed by atoms with Gasteiger partial charge in [-0.15, -0.1) is 0 Å². The number of hydrogen-bond donors (Lipinski definition) is 0. The lowest BCUT2D eigenvalue weighted by molar-refractivity contribution is -0.870. The van der Waals surface area contributed by atoms with Crippen LogP contribution in [0.2, 0.25) is 0 Å². The molecule has 2 unspecified atom stereocenters. The lowest BCUT2D eigenvalue weighted by Gasteiger charge is -2.28. The molecule has 0 aromatic rings. The molecule has 0 saturated heterocycles. The number of allylic oxidation sites excluding steroid dienone is 4. The summed E-state index contributed by atoms with van der Waals surface area (Å²) in [6.07, 6.45) is 74.2. The van der Waals surface area contributed by atoms with Crippen LogP contribution in [0.5, 0.6) is 0 Å². The van der Waals surface area contributed by atoms with Crippen molar-refractivity contribution in [3.63, 3.8) is 0 Å². The number of phosphoric ester groups is 1. The minimum absolute atomic E-state index is 0.0263. The van der Waals surface area contributed by atoms with Crippen molar-refractivity contribution in [2.45, 2.75) is 354 Å². The largest absolute Gasteiger partial charge is 0.756 e. The van der Waals surface area contributed by atoms with Gasteiger partial charge in [0.2, 0.25) is 0 Å². The predicted octanol–water partition coefficient (Wildman–Crippen LogP) is 21.1. The standard InChI is InChI=1S/C68H132NO8P/c1-6-8-10-12-14-16-18-20-22-23-24-25-26-27-28-29-30-31-32-33-34-35-36-37-38-39-40-41-42-43-44-45-47-49-51-53-55-57-59-61-68(71)77-66(65-76-78(72,73)75-63-62-69(3,4)5)64-74-67(70)60-58-56-54-52-50-48-46-21-19-17-15-13-11-9-7-2/h18,20,23-24,66H,6-17,19,21-22,25-65H2,1-5H3/b20-18-,24-23-. The molecule has 0 radical (unpaired) electrons. The molecule has 0 bridgehead atoms. The van der Waals surface area contributed by atoms with Gasteiger partial charge in [-0.05, 0) is 44.9 Å². The van der Waals surface area contributed by atoms with Crippen molar-refractivity contribution >= 4 is 19.8 Å². The van der Waals surface area contributed by atoms with Crippen molar-refractivity contribution < 1.29 is 42.1 Å². The molecule has 10 heteroatoms. The van der Waals surface area contributed by atoms with E-state index in [-0.39, 0.29) is 32.0 Å². The highest BCUT2D eigenvalue weighted by Crippen LogP contribution is 2.38. The van der Waals surface area contributed by atoms with Crippen molar-refractivity contribution in [3.05, 3.63) is 24.3 Å². The van der Waals surface area contributed by atoms with Crippen molar-refractivity contribution in [1.29, 1.82) is 0 Å². The van der Waals surface area contributed by atoms with Crippen LogP contribution < -0.4 is 4.89 Å². The summed E-state index contributed by atoms with van der Waals surface area (Å²) in [6.45, 7) is 4.29. The Morgan fingerprint density at radius 2 is 0.692 bits per heavy atom. The highest BCUT2D eigenvalue weighted by molar-refractivity contribution is 7.45. The number of esters is 2. The third-order valence-corrected chi connectivity index (χ3v) is 16.4. The smallest absolute Gasteiger partial charge is 0.306 e. The SMILES string of the molecule is CCCCCCC/C=C\C/C=C\CCCCCCCCCCCCCCCCCCCCCCCCCCCCCC(=O)OC(COC(=O)CCCCCCCCCCCCCCCCC)COP(=O)([O-])OCC[N+](C)(C)C. The molecule has 0 aliphatic rings. The first-order chi connectivity index (χ1) is 38.0. The molecule has 0 rings (SSSR count). The van der Waals surface area contributed by atoms with Crippen LogP contribution in [0.15, 0.2) is 24.3 Å². The third kappa shape index (κ3) is 63.7. The lowest BCUT2D eigenvalue weighted by Crippen LogP contribution is -2.37. The highest BCUT2D eigenvalue weighted by atomic mass is 31.2. The zero-order chi connectivity index (χ0) is 57.0. The number of carbonyl (C=O) groups excluding carboxylic acids is 2. The van der Waals surface area contributed by atoms with Gasteiger partial charge in [0.1, 0.15) is 19.8 Å². The van der Waals surface area contributed by atoms with Crippen molar-refractivity contribution in [2.24, 2.45) is 0 Å². The van der Waals surface area contributed by atoms with Gasteiger partial charge in [0.25, 0.3) is 7.82 Å². The zero-order valence-corrected chi connectivity index (χ0v) is 53.5. The normalized spacial score (nSPS) is 13.3. The summed E-state index contributed by atoms with van der Waals surface area (Å²) in [5.41, 5.74) is 0. The van der Waals surface area contributed by atoms with Gasteiger partial charge in [0, 0.05) is 12.8 Å². The molecule has 0 fully saturated rings. The number of unbranched alkanes of at least 4 members (excludes halogenated alkanes) is 46. The molecule has 0 aliphatic heterocycles. The molecule has 2 atom stereocenters. The van der Waals surface area contributed by atoms with E-state index >= 15 is 0 Å². The number of carbonyl (C=O) groups is 2. The minimum atomic E-state index is -4.63. The number of hydrogen-bond acceptors (Lipinski definition) is 8. The maximum atomic E-state index is 12.8. The van der Waals surface area contributed by atoms with Gasteiger partial charge in [-0.3, -0.25) is 14.2 Å². The Bertz CT molecular complexity index is 1370. The maximum absolute atomic E-state index is 12.8. The first-order valence-electron chi connectivity index (χ1n) is 34.0. The molecular weight excluding hydrogens is 990 g/mol. The maximum Gasteiger partial charge on any atom is 0.306 e. The Morgan fingerprint density at radius 3 is 1.01 bits per heavy atom. The van der Waals surface area contributed by atoms with Crippen LogP contribution >= 0.6 is 7.82 Å². The van der Waals surface area contributed by atoms with E-state index in [1.54, 1.807) is 0 Å². The number of nitrogens with zero attached hydrogens (tertiary/aromatic N) is 1. The van der Waals surface area contributed by atoms with Gasteiger partial charge in [-0.25, -0.2) is 0 Å². The quantitative estimate of drug-likeness (QED) is 0.0195. The van der Waals surface area contributed by atoms with Gasteiger partial charge in [-0.1, -0.05) is 314 Å². The van der Waals surface area contributed by atoms with E-state index in [2.05, 4.69) is 38.2 Å². The molecule has 78 heavy (non-hydrogen) atoms. The van der Waals surface area contributed by atoms with Crippen LogP contribution in [0, 0.1) is 0 Å². The van der Waals surface area contributed by atoms with E-state index in [0.717, 1.165) is 38.5 Å². The average molecular weight is 1120 g/mol. The van der Waals surface area contributed by atoms with Crippen LogP contribution in [-0.2, 0) is 32.7 Å². The van der Waals surface area contributed by atoms with Crippen LogP contribution in [0.4, 0.5) is 0 Å². The summed E-state index contributed by atoms with van der Waals surface area (Å²) in [4.78, 5) is 37.9. The highest BCUT2D eigenvalue weighted by Gasteiger charge is 2.22. The molecule has 9 nitrogen and oxygen atoms in total. The summed E-state index contributed by atoms with van der Waals surface area (Å²) < 4.78 is 34.2. The Labute approximate surface area is 485 Å². The van der Waals surface area contributed by atoms with Gasteiger partial charge in [-0.2, -0.15) is 0 Å². The molecule has 0 aliphatic carbocycles. The molecule has 0 aromatic heterocycles. The third-order valence-electron chi connectivity index (χ3n) is 15.5. The van der Waals surface area contributed by atoms with Gasteiger partial charge in [0.05, 0.1) is 27.7 Å². The molecule has 0 spiro atoms. The number of rotatable bonds is 64. The van der Waals surface area contributed by atoms with E-state index in [1.165, 1.54) is 276 Å². The molecular formula is C68H132NO8P. The molecule has 462 valence electrons. The number of phosphoric acid groups is 1. The zero-order valence-electron chi connectivity index (χ0n) is 52.6. The van der Waals surface area contributed by atoms with E-state index < -0.39 is 26.5 Å². The van der Waals surface area contributed by atoms with E-state index in [4.69, 9.17) is 18.5 Å². The lowest BCUT2D eigenvalue weighted by atomic mass is 10.0. The fourth-order valence-corrected chi connectivity index (χ4v) is 10.9. The molecule has 0 saturated carbocycles. The molecule has 0 heterocycles. The first-order valence-corrected chi connectivity index (χ1v) is 35.5. The predicted molar refractivity (Wildman–Crippen MR) is 333 cm³/mol. The van der Waals surface area contributed by atoms with Crippen LogP contribution in [0.1, 0.15) is 348 Å². The minimum Gasteiger partial charge on any atom is -0.756 e. The Kier molecular flexibility index (Phi) is 58.9. The molecule has 0 amide bonds. The molecule has 0 aromatic carbocycles. The Morgan fingerprint density at radius 1 is 0.397 bits per heavy atom. The Hall–Kier alpha value is -1.51. The second-order valence-corrected chi connectivity index (χ2v) is 26.0. The fourth-order valence-electron chi connectivity index (χ4n) is 10.2. The van der Waals surface area contributed by atoms with Crippen LogP contribution in [0.25, 0.3) is 0 Å². The van der Waals surface area contributed by atoms with E-state index in [0.29, 0.717) is 17.4 Å². The van der Waals surface area contributed by atoms with Crippen LogP contribution in [0.3, 0.4) is 0 Å². The molecule has 0 N–H and O–H groups in total. The topological polar surface area (TPSA) is 111 Å². The fraction of sp³-hybridized carbons (Fsp3) is 0.912. The van der Waals surface area contributed by atoms with Gasteiger partial charge in [0.15, 0.2) is 6.10 Å². The van der Waals surface area contributed by atoms with Gasteiger partial charge >= 0.3 is 11.9 Å². The monoisotopic (exact) mass is 1120 g/mol.